The van der Waals surface area contributed by atoms with E-state index in [0.29, 0.717) is 5.33 Å². The number of hydrogen-bond acceptors (Lipinski definition) is 1. The molecule has 0 unspecified atom stereocenters. The van der Waals surface area contributed by atoms with Crippen LogP contribution in [0, 0.1) is 5.92 Å². The second kappa shape index (κ2) is 4.85. The monoisotopic (exact) mass is 233 g/mol. The maximum absolute atomic E-state index is 11.2. The highest BCUT2D eigenvalue weighted by Gasteiger charge is 2.18. The summed E-state index contributed by atoms with van der Waals surface area (Å²) in [5.74, 6) is 0.958. The summed E-state index contributed by atoms with van der Waals surface area (Å²) in [6.45, 7) is 0.949. The first-order chi connectivity index (χ1) is 5.74. The van der Waals surface area contributed by atoms with Crippen molar-refractivity contribution >= 4 is 21.8 Å². The fourth-order valence-electron chi connectivity index (χ4n) is 1.78. The number of carbonyl (C=O) groups excluding carboxylic acids is 1. The quantitative estimate of drug-likeness (QED) is 0.684. The average molecular weight is 234 g/mol. The average Bonchev–Trinajstić information content (AvgIpc) is 2.55. The molecule has 0 N–H and O–H groups in total. The molecule has 0 aromatic heterocycles. The largest absolute Gasteiger partial charge is 0.345 e. The molecule has 0 radical (unpaired) electrons. The molecular formula is C9H16BrNO. The van der Waals surface area contributed by atoms with Gasteiger partial charge in [0.05, 0.1) is 5.33 Å². The van der Waals surface area contributed by atoms with Crippen molar-refractivity contribution < 1.29 is 4.79 Å². The molecule has 0 atom stereocenters. The van der Waals surface area contributed by atoms with Gasteiger partial charge in [-0.05, 0) is 18.8 Å². The Hall–Kier alpha value is -0.0500. The van der Waals surface area contributed by atoms with Crippen LogP contribution in [0.15, 0.2) is 0 Å². The zero-order valence-electron chi connectivity index (χ0n) is 7.55. The maximum atomic E-state index is 11.2. The number of hydrogen-bond donors (Lipinski definition) is 0. The van der Waals surface area contributed by atoms with Gasteiger partial charge >= 0.3 is 0 Å². The van der Waals surface area contributed by atoms with Crippen molar-refractivity contribution in [1.29, 1.82) is 0 Å². The Morgan fingerprint density at radius 1 is 1.50 bits per heavy atom. The van der Waals surface area contributed by atoms with Crippen molar-refractivity contribution in [3.8, 4) is 0 Å². The van der Waals surface area contributed by atoms with Crippen LogP contribution < -0.4 is 0 Å². The van der Waals surface area contributed by atoms with Gasteiger partial charge in [-0.25, -0.2) is 0 Å². The molecule has 0 heterocycles. The topological polar surface area (TPSA) is 20.3 Å². The van der Waals surface area contributed by atoms with Gasteiger partial charge in [0.15, 0.2) is 0 Å². The number of amides is 1. The normalized spacial score (nSPS) is 18.2. The van der Waals surface area contributed by atoms with Gasteiger partial charge in [-0.2, -0.15) is 0 Å². The molecule has 0 aromatic rings. The zero-order chi connectivity index (χ0) is 8.97. The fourth-order valence-corrected chi connectivity index (χ4v) is 2.21. The summed E-state index contributed by atoms with van der Waals surface area (Å²) in [5, 5.41) is 0.455. The lowest BCUT2D eigenvalue weighted by molar-refractivity contribution is -0.127. The van der Waals surface area contributed by atoms with Gasteiger partial charge in [0.1, 0.15) is 0 Å². The zero-order valence-corrected chi connectivity index (χ0v) is 9.14. The van der Waals surface area contributed by atoms with Crippen LogP contribution in [0.4, 0.5) is 0 Å². The smallest absolute Gasteiger partial charge is 0.232 e. The van der Waals surface area contributed by atoms with Crippen LogP contribution in [-0.2, 0) is 4.79 Å². The highest BCUT2D eigenvalue weighted by atomic mass is 79.9. The summed E-state index contributed by atoms with van der Waals surface area (Å²) in [4.78, 5) is 13.0. The molecule has 12 heavy (non-hydrogen) atoms. The van der Waals surface area contributed by atoms with E-state index in [0.717, 1.165) is 12.5 Å². The van der Waals surface area contributed by atoms with E-state index in [-0.39, 0.29) is 5.91 Å². The molecule has 0 spiro atoms. The Labute approximate surface area is 82.4 Å². The maximum Gasteiger partial charge on any atom is 0.232 e. The number of halogens is 1. The number of nitrogens with zero attached hydrogens (tertiary/aromatic N) is 1. The van der Waals surface area contributed by atoms with Crippen LogP contribution in [-0.4, -0.2) is 29.7 Å². The van der Waals surface area contributed by atoms with Crippen LogP contribution in [0.2, 0.25) is 0 Å². The van der Waals surface area contributed by atoms with Crippen LogP contribution in [0.1, 0.15) is 25.7 Å². The molecule has 3 heteroatoms. The number of carbonyl (C=O) groups is 1. The van der Waals surface area contributed by atoms with Crippen molar-refractivity contribution in [2.24, 2.45) is 5.92 Å². The summed E-state index contributed by atoms with van der Waals surface area (Å²) in [6.07, 6.45) is 5.31. The van der Waals surface area contributed by atoms with Gasteiger partial charge in [0, 0.05) is 13.6 Å². The van der Waals surface area contributed by atoms with Crippen molar-refractivity contribution in [2.75, 3.05) is 18.9 Å². The lowest BCUT2D eigenvalue weighted by Crippen LogP contribution is -2.31. The summed E-state index contributed by atoms with van der Waals surface area (Å²) in [7, 11) is 1.89. The highest BCUT2D eigenvalue weighted by molar-refractivity contribution is 9.09. The third kappa shape index (κ3) is 2.77. The van der Waals surface area contributed by atoms with Gasteiger partial charge in [0.25, 0.3) is 0 Å². The van der Waals surface area contributed by atoms with Gasteiger partial charge in [0.2, 0.25) is 5.91 Å². The Bertz CT molecular complexity index is 155. The summed E-state index contributed by atoms with van der Waals surface area (Å²) >= 11 is 3.17. The van der Waals surface area contributed by atoms with E-state index in [9.17, 15) is 4.79 Å². The molecular weight excluding hydrogens is 218 g/mol. The van der Waals surface area contributed by atoms with E-state index in [4.69, 9.17) is 0 Å². The van der Waals surface area contributed by atoms with Crippen molar-refractivity contribution in [2.45, 2.75) is 25.7 Å². The molecule has 1 saturated carbocycles. The third-order valence-electron chi connectivity index (χ3n) is 2.55. The fraction of sp³-hybridized carbons (Fsp3) is 0.889. The van der Waals surface area contributed by atoms with E-state index in [1.807, 2.05) is 11.9 Å². The van der Waals surface area contributed by atoms with E-state index in [2.05, 4.69) is 15.9 Å². The number of alkyl halides is 1. The first-order valence-corrected chi connectivity index (χ1v) is 5.66. The lowest BCUT2D eigenvalue weighted by Gasteiger charge is -2.19. The van der Waals surface area contributed by atoms with Crippen LogP contribution >= 0.6 is 15.9 Å². The van der Waals surface area contributed by atoms with E-state index < -0.39 is 0 Å². The Morgan fingerprint density at radius 3 is 2.58 bits per heavy atom. The Morgan fingerprint density at radius 2 is 2.08 bits per heavy atom. The first-order valence-electron chi connectivity index (χ1n) is 4.54. The molecule has 2 nitrogen and oxygen atoms in total. The Balaban J connectivity index is 2.24. The van der Waals surface area contributed by atoms with Crippen LogP contribution in [0.25, 0.3) is 0 Å². The first kappa shape index (κ1) is 10.0. The summed E-state index contributed by atoms with van der Waals surface area (Å²) in [5.41, 5.74) is 0. The molecule has 0 bridgehead atoms. The van der Waals surface area contributed by atoms with E-state index in [1.165, 1.54) is 25.7 Å². The molecule has 0 saturated heterocycles. The molecule has 1 fully saturated rings. The van der Waals surface area contributed by atoms with Gasteiger partial charge in [-0.15, -0.1) is 0 Å². The van der Waals surface area contributed by atoms with Crippen molar-refractivity contribution in [1.82, 2.24) is 4.90 Å². The van der Waals surface area contributed by atoms with Crippen molar-refractivity contribution in [3.05, 3.63) is 0 Å². The number of rotatable bonds is 3. The van der Waals surface area contributed by atoms with Crippen LogP contribution in [0.3, 0.4) is 0 Å². The molecule has 1 aliphatic carbocycles. The minimum absolute atomic E-state index is 0.196. The second-order valence-electron chi connectivity index (χ2n) is 3.56. The van der Waals surface area contributed by atoms with Gasteiger partial charge in [-0.3, -0.25) is 4.79 Å². The minimum atomic E-state index is 0.196. The second-order valence-corrected chi connectivity index (χ2v) is 4.12. The highest BCUT2D eigenvalue weighted by Crippen LogP contribution is 2.25. The molecule has 1 rings (SSSR count). The van der Waals surface area contributed by atoms with Gasteiger partial charge in [-0.1, -0.05) is 28.8 Å². The molecule has 1 amide bonds. The summed E-state index contributed by atoms with van der Waals surface area (Å²) < 4.78 is 0. The third-order valence-corrected chi connectivity index (χ3v) is 3.03. The predicted molar refractivity (Wildman–Crippen MR) is 53.4 cm³/mol. The minimum Gasteiger partial charge on any atom is -0.345 e. The van der Waals surface area contributed by atoms with E-state index >= 15 is 0 Å². The molecule has 1 aliphatic rings. The Kier molecular flexibility index (Phi) is 4.06. The molecule has 0 aliphatic heterocycles. The lowest BCUT2D eigenvalue weighted by atomic mass is 10.1. The van der Waals surface area contributed by atoms with Crippen molar-refractivity contribution in [3.63, 3.8) is 0 Å². The van der Waals surface area contributed by atoms with Crippen LogP contribution in [0.5, 0.6) is 0 Å². The standard InChI is InChI=1S/C9H16BrNO/c1-11(9(12)6-10)7-8-4-2-3-5-8/h8H,2-7H2,1H3. The molecule has 0 aromatic carbocycles. The SMILES string of the molecule is CN(CC1CCCC1)C(=O)CBr. The van der Waals surface area contributed by atoms with E-state index in [1.54, 1.807) is 0 Å². The predicted octanol–water partition coefficient (Wildman–Crippen LogP) is 2.03. The van der Waals surface area contributed by atoms with Gasteiger partial charge < -0.3 is 4.90 Å². The molecule has 70 valence electrons. The summed E-state index contributed by atoms with van der Waals surface area (Å²) in [6, 6.07) is 0.